The van der Waals surface area contributed by atoms with Crippen molar-refractivity contribution in [2.45, 2.75) is 44.6 Å². The lowest BCUT2D eigenvalue weighted by atomic mass is 9.56. The van der Waals surface area contributed by atoms with E-state index < -0.39 is 11.4 Å². The van der Waals surface area contributed by atoms with Gasteiger partial charge in [-0.2, -0.15) is 0 Å². The van der Waals surface area contributed by atoms with Gasteiger partial charge in [-0.15, -0.1) is 0 Å². The quantitative estimate of drug-likeness (QED) is 0.626. The molecule has 30 heavy (non-hydrogen) atoms. The van der Waals surface area contributed by atoms with Crippen LogP contribution in [0.4, 0.5) is 0 Å². The summed E-state index contributed by atoms with van der Waals surface area (Å²) in [5.74, 6) is 0.0639. The van der Waals surface area contributed by atoms with E-state index in [1.54, 1.807) is 12.1 Å². The van der Waals surface area contributed by atoms with Gasteiger partial charge in [0, 0.05) is 22.0 Å². The lowest BCUT2D eigenvalue weighted by Crippen LogP contribution is -2.42. The van der Waals surface area contributed by atoms with E-state index in [-0.39, 0.29) is 29.7 Å². The number of fused-ring (bicyclic) bond motifs is 1. The first kappa shape index (κ1) is 21.2. The van der Waals surface area contributed by atoms with Crippen LogP contribution in [0.15, 0.2) is 42.5 Å². The molecule has 6 heteroatoms. The van der Waals surface area contributed by atoms with E-state index in [1.165, 1.54) is 7.11 Å². The highest BCUT2D eigenvalue weighted by Gasteiger charge is 2.57. The van der Waals surface area contributed by atoms with Gasteiger partial charge in [-0.1, -0.05) is 48.3 Å². The fraction of sp³-hybridized carbons (Fsp3) is 0.417. The Labute approximate surface area is 186 Å². The summed E-state index contributed by atoms with van der Waals surface area (Å²) in [6, 6.07) is 13.3. The van der Waals surface area contributed by atoms with Gasteiger partial charge >= 0.3 is 5.97 Å². The van der Waals surface area contributed by atoms with Crippen molar-refractivity contribution in [3.05, 3.63) is 69.2 Å². The Morgan fingerprint density at radius 1 is 1.17 bits per heavy atom. The minimum Gasteiger partial charge on any atom is -0.465 e. The minimum absolute atomic E-state index is 0.0547. The molecule has 1 N–H and O–H groups in total. The fourth-order valence-electron chi connectivity index (χ4n) is 5.58. The molecule has 0 radical (unpaired) electrons. The number of halogens is 2. The zero-order valence-corrected chi connectivity index (χ0v) is 18.8. The highest BCUT2D eigenvalue weighted by Crippen LogP contribution is 2.59. The second kappa shape index (κ2) is 7.90. The first-order valence-electron chi connectivity index (χ1n) is 10.2. The highest BCUT2D eigenvalue weighted by molar-refractivity contribution is 6.31. The Hall–Kier alpha value is -2.04. The lowest BCUT2D eigenvalue weighted by Gasteiger charge is -2.46. The molecule has 2 aromatic carbocycles. The molecule has 0 spiro atoms. The molecule has 2 fully saturated rings. The lowest BCUT2D eigenvalue weighted by molar-refractivity contribution is -0.129. The van der Waals surface area contributed by atoms with Gasteiger partial charge in [-0.05, 0) is 67.0 Å². The largest absolute Gasteiger partial charge is 0.465 e. The van der Waals surface area contributed by atoms with Crippen molar-refractivity contribution >= 4 is 35.1 Å². The monoisotopic (exact) mass is 445 g/mol. The molecule has 1 aliphatic carbocycles. The Balaban J connectivity index is 1.81. The second-order valence-electron chi connectivity index (χ2n) is 8.66. The molecule has 5 atom stereocenters. The van der Waals surface area contributed by atoms with Crippen LogP contribution in [-0.2, 0) is 9.53 Å². The summed E-state index contributed by atoms with van der Waals surface area (Å²) in [4.78, 5) is 24.7. The van der Waals surface area contributed by atoms with Crippen LogP contribution in [0, 0.1) is 11.3 Å². The van der Waals surface area contributed by atoms with E-state index in [9.17, 15) is 9.59 Å². The maximum Gasteiger partial charge on any atom is 0.337 e. The molecule has 2 aromatic rings. The molecule has 1 aliphatic heterocycles. The SMILES string of the molecule is COC(=O)c1ccc([C@@H]2CCC3(C)C(=O)N[C@H](C)[C@H]3[C@H]2c2ccc(Cl)cc2)c(Cl)c1. The van der Waals surface area contributed by atoms with Crippen molar-refractivity contribution in [2.75, 3.05) is 7.11 Å². The van der Waals surface area contributed by atoms with Crippen molar-refractivity contribution in [1.82, 2.24) is 5.32 Å². The molecule has 0 bridgehead atoms. The number of esters is 1. The van der Waals surface area contributed by atoms with Gasteiger partial charge < -0.3 is 10.1 Å². The number of amides is 1. The van der Waals surface area contributed by atoms with Crippen LogP contribution >= 0.6 is 23.2 Å². The molecular formula is C24H25Cl2NO3. The molecule has 1 saturated carbocycles. The van der Waals surface area contributed by atoms with Crippen molar-refractivity contribution in [3.8, 4) is 0 Å². The van der Waals surface area contributed by atoms with E-state index in [1.807, 2.05) is 18.2 Å². The number of carbonyl (C=O) groups excluding carboxylic acids is 2. The third-order valence-corrected chi connectivity index (χ3v) is 7.60. The molecule has 1 amide bonds. The number of rotatable bonds is 3. The van der Waals surface area contributed by atoms with Crippen LogP contribution in [-0.4, -0.2) is 25.0 Å². The third kappa shape index (κ3) is 3.40. The number of hydrogen-bond acceptors (Lipinski definition) is 3. The number of benzene rings is 2. The first-order valence-corrected chi connectivity index (χ1v) is 11.0. The summed E-state index contributed by atoms with van der Waals surface area (Å²) >= 11 is 12.8. The Bertz CT molecular complexity index is 990. The van der Waals surface area contributed by atoms with E-state index in [0.29, 0.717) is 15.6 Å². The maximum atomic E-state index is 12.8. The average molecular weight is 446 g/mol. The van der Waals surface area contributed by atoms with Crippen molar-refractivity contribution in [3.63, 3.8) is 0 Å². The maximum absolute atomic E-state index is 12.8. The Morgan fingerprint density at radius 3 is 2.50 bits per heavy atom. The highest BCUT2D eigenvalue weighted by atomic mass is 35.5. The van der Waals surface area contributed by atoms with Crippen LogP contribution < -0.4 is 5.32 Å². The minimum atomic E-state index is -0.418. The standard InChI is InChI=1S/C24H25Cl2NO3/c1-13-21-20(14-4-7-16(25)8-5-14)18(10-11-24(21,2)23(29)27-13)17-9-6-15(12-19(17)26)22(28)30-3/h4-9,12-13,18,20-21H,10-11H2,1-3H3,(H,27,29)/t13-,18+,20+,21+,24?/m1/s1. The summed E-state index contributed by atoms with van der Waals surface area (Å²) in [7, 11) is 1.36. The second-order valence-corrected chi connectivity index (χ2v) is 9.50. The number of nitrogens with one attached hydrogen (secondary N) is 1. The van der Waals surface area contributed by atoms with Crippen LogP contribution in [0.1, 0.15) is 60.0 Å². The van der Waals surface area contributed by atoms with E-state index in [2.05, 4.69) is 31.3 Å². The normalized spacial score (nSPS) is 30.5. The van der Waals surface area contributed by atoms with Gasteiger partial charge in [0.2, 0.25) is 5.91 Å². The molecule has 0 aromatic heterocycles. The molecule has 4 nitrogen and oxygen atoms in total. The van der Waals surface area contributed by atoms with Gasteiger partial charge in [-0.25, -0.2) is 4.79 Å². The molecule has 4 rings (SSSR count). The van der Waals surface area contributed by atoms with E-state index in [0.717, 1.165) is 24.0 Å². The van der Waals surface area contributed by atoms with Crippen molar-refractivity contribution in [1.29, 1.82) is 0 Å². The molecule has 1 heterocycles. The number of carbonyl (C=O) groups is 2. The number of methoxy groups -OCH3 is 1. The fourth-order valence-corrected chi connectivity index (χ4v) is 6.03. The van der Waals surface area contributed by atoms with Gasteiger partial charge in [0.1, 0.15) is 0 Å². The van der Waals surface area contributed by atoms with Crippen LogP contribution in [0.2, 0.25) is 10.0 Å². The Kier molecular flexibility index (Phi) is 5.58. The summed E-state index contributed by atoms with van der Waals surface area (Å²) in [6.45, 7) is 4.17. The van der Waals surface area contributed by atoms with Gasteiger partial charge in [0.25, 0.3) is 0 Å². The average Bonchev–Trinajstić information content (AvgIpc) is 2.96. The van der Waals surface area contributed by atoms with E-state index in [4.69, 9.17) is 27.9 Å². The van der Waals surface area contributed by atoms with Crippen molar-refractivity contribution in [2.24, 2.45) is 11.3 Å². The molecular weight excluding hydrogens is 421 g/mol. The molecule has 2 aliphatic rings. The van der Waals surface area contributed by atoms with Crippen molar-refractivity contribution < 1.29 is 14.3 Å². The molecule has 158 valence electrons. The Morgan fingerprint density at radius 2 is 1.87 bits per heavy atom. The van der Waals surface area contributed by atoms with E-state index >= 15 is 0 Å². The van der Waals surface area contributed by atoms with Crippen LogP contribution in [0.5, 0.6) is 0 Å². The smallest absolute Gasteiger partial charge is 0.337 e. The number of hydrogen-bond donors (Lipinski definition) is 1. The first-order chi connectivity index (χ1) is 14.3. The topological polar surface area (TPSA) is 55.4 Å². The zero-order valence-electron chi connectivity index (χ0n) is 17.2. The van der Waals surface area contributed by atoms with Crippen LogP contribution in [0.25, 0.3) is 0 Å². The predicted molar refractivity (Wildman–Crippen MR) is 118 cm³/mol. The number of ether oxygens (including phenoxy) is 1. The summed E-state index contributed by atoms with van der Waals surface area (Å²) < 4.78 is 4.82. The van der Waals surface area contributed by atoms with Gasteiger partial charge in [0.05, 0.1) is 18.1 Å². The summed E-state index contributed by atoms with van der Waals surface area (Å²) in [6.07, 6.45) is 1.62. The molecule has 1 unspecified atom stereocenters. The zero-order chi connectivity index (χ0) is 21.6. The summed E-state index contributed by atoms with van der Waals surface area (Å²) in [5.41, 5.74) is 2.16. The molecule has 1 saturated heterocycles. The van der Waals surface area contributed by atoms with Crippen LogP contribution in [0.3, 0.4) is 0 Å². The van der Waals surface area contributed by atoms with Gasteiger partial charge in [-0.3, -0.25) is 4.79 Å². The summed E-state index contributed by atoms with van der Waals surface area (Å²) in [5, 5.41) is 4.40. The van der Waals surface area contributed by atoms with Gasteiger partial charge in [0.15, 0.2) is 0 Å². The third-order valence-electron chi connectivity index (χ3n) is 7.02. The predicted octanol–water partition coefficient (Wildman–Crippen LogP) is 5.58.